The fourth-order valence-corrected chi connectivity index (χ4v) is 3.98. The first-order chi connectivity index (χ1) is 12.0. The average Bonchev–Trinajstić information content (AvgIpc) is 2.85. The molecular formula is C15H16F3NO6S. The molecule has 0 radical (unpaired) electrons. The highest BCUT2D eigenvalue weighted by Gasteiger charge is 2.32. The molecule has 26 heavy (non-hydrogen) atoms. The number of hydrogen-bond donors (Lipinski definition) is 1. The Balaban J connectivity index is 1.89. The van der Waals surface area contributed by atoms with Crippen molar-refractivity contribution in [3.05, 3.63) is 29.8 Å². The second-order valence-electron chi connectivity index (χ2n) is 5.73. The minimum Gasteiger partial charge on any atom is -0.449 e. The number of alkyl halides is 3. The number of nitrogens with one attached hydrogen (secondary N) is 1. The van der Waals surface area contributed by atoms with Crippen LogP contribution in [0.5, 0.6) is 5.75 Å². The van der Waals surface area contributed by atoms with Crippen molar-refractivity contribution in [1.82, 2.24) is 5.32 Å². The second kappa shape index (κ2) is 7.52. The summed E-state index contributed by atoms with van der Waals surface area (Å²) >= 11 is 0. The molecule has 7 nitrogen and oxygen atoms in total. The molecule has 1 N–H and O–H groups in total. The number of carbonyl (C=O) groups is 2. The van der Waals surface area contributed by atoms with Gasteiger partial charge in [0.2, 0.25) is 0 Å². The van der Waals surface area contributed by atoms with Crippen molar-refractivity contribution in [2.45, 2.75) is 31.9 Å². The van der Waals surface area contributed by atoms with Crippen LogP contribution in [-0.2, 0) is 19.4 Å². The van der Waals surface area contributed by atoms with Crippen LogP contribution >= 0.6 is 0 Å². The van der Waals surface area contributed by atoms with Gasteiger partial charge < -0.3 is 14.8 Å². The number of hydrogen-bond acceptors (Lipinski definition) is 6. The normalized spacial score (nSPS) is 20.2. The summed E-state index contributed by atoms with van der Waals surface area (Å²) < 4.78 is 67.6. The van der Waals surface area contributed by atoms with E-state index in [1.54, 1.807) is 0 Å². The van der Waals surface area contributed by atoms with Crippen LogP contribution in [-0.4, -0.2) is 50.3 Å². The summed E-state index contributed by atoms with van der Waals surface area (Å²) in [5, 5.41) is 2.49. The van der Waals surface area contributed by atoms with Gasteiger partial charge in [0.15, 0.2) is 15.9 Å². The maximum absolute atomic E-state index is 12.1. The topological polar surface area (TPSA) is 98.8 Å². The monoisotopic (exact) mass is 395 g/mol. The number of rotatable bonds is 5. The minimum atomic E-state index is -4.84. The molecule has 1 aromatic carbocycles. The third-order valence-electron chi connectivity index (χ3n) is 3.56. The Bertz CT molecular complexity index is 776. The molecule has 2 atom stereocenters. The van der Waals surface area contributed by atoms with Crippen molar-refractivity contribution in [2.75, 3.05) is 11.5 Å². The van der Waals surface area contributed by atoms with Gasteiger partial charge in [-0.3, -0.25) is 4.79 Å². The summed E-state index contributed by atoms with van der Waals surface area (Å²) in [5.41, 5.74) is -0.0670. The van der Waals surface area contributed by atoms with Gasteiger partial charge in [-0.15, -0.1) is 13.2 Å². The molecule has 1 aliphatic rings. The third kappa shape index (κ3) is 5.90. The largest absolute Gasteiger partial charge is 0.573 e. The molecule has 0 unspecified atom stereocenters. The van der Waals surface area contributed by atoms with Gasteiger partial charge >= 0.3 is 12.3 Å². The zero-order chi connectivity index (χ0) is 19.5. The summed E-state index contributed by atoms with van der Waals surface area (Å²) in [6, 6.07) is 3.48. The minimum absolute atomic E-state index is 0.0154. The van der Waals surface area contributed by atoms with Gasteiger partial charge in [-0.2, -0.15) is 0 Å². The van der Waals surface area contributed by atoms with Crippen molar-refractivity contribution in [3.8, 4) is 5.75 Å². The van der Waals surface area contributed by atoms with Gasteiger partial charge in [0.05, 0.1) is 17.1 Å². The Morgan fingerprint density at radius 1 is 1.23 bits per heavy atom. The lowest BCUT2D eigenvalue weighted by atomic mass is 10.2. The first-order valence-electron chi connectivity index (χ1n) is 7.53. The molecular weight excluding hydrogens is 379 g/mol. The van der Waals surface area contributed by atoms with E-state index < -0.39 is 46.0 Å². The highest BCUT2D eigenvalue weighted by Crippen LogP contribution is 2.23. The van der Waals surface area contributed by atoms with E-state index >= 15 is 0 Å². The van der Waals surface area contributed by atoms with Crippen LogP contribution in [0.4, 0.5) is 13.2 Å². The van der Waals surface area contributed by atoms with Gasteiger partial charge in [0, 0.05) is 6.04 Å². The molecule has 144 valence electrons. The van der Waals surface area contributed by atoms with Crippen LogP contribution in [0.2, 0.25) is 0 Å². The number of carbonyl (C=O) groups excluding carboxylic acids is 2. The van der Waals surface area contributed by atoms with E-state index in [4.69, 9.17) is 4.74 Å². The van der Waals surface area contributed by atoms with Gasteiger partial charge in [-0.25, -0.2) is 13.2 Å². The molecule has 0 aromatic heterocycles. The summed E-state index contributed by atoms with van der Waals surface area (Å²) in [5.74, 6) is -2.25. The van der Waals surface area contributed by atoms with E-state index in [-0.39, 0.29) is 23.5 Å². The molecule has 1 amide bonds. The highest BCUT2D eigenvalue weighted by atomic mass is 32.2. The Kier molecular flexibility index (Phi) is 5.79. The predicted molar refractivity (Wildman–Crippen MR) is 83.2 cm³/mol. The number of esters is 1. The number of benzene rings is 1. The zero-order valence-corrected chi connectivity index (χ0v) is 14.4. The predicted octanol–water partition coefficient (Wildman–Crippen LogP) is 1.43. The molecule has 0 spiro atoms. The van der Waals surface area contributed by atoms with E-state index in [9.17, 15) is 31.2 Å². The van der Waals surface area contributed by atoms with Gasteiger partial charge in [-0.1, -0.05) is 0 Å². The van der Waals surface area contributed by atoms with E-state index in [1.807, 2.05) is 0 Å². The molecule has 0 bridgehead atoms. The van der Waals surface area contributed by atoms with Crippen LogP contribution in [0.25, 0.3) is 0 Å². The second-order valence-corrected chi connectivity index (χ2v) is 7.96. The molecule has 11 heteroatoms. The molecule has 1 fully saturated rings. The fourth-order valence-electron chi connectivity index (χ4n) is 2.30. The molecule has 1 heterocycles. The lowest BCUT2D eigenvalue weighted by molar-refractivity contribution is -0.274. The molecule has 1 aromatic rings. The summed E-state index contributed by atoms with van der Waals surface area (Å²) in [4.78, 5) is 23.9. The van der Waals surface area contributed by atoms with Crippen LogP contribution < -0.4 is 10.1 Å². The molecule has 0 saturated carbocycles. The number of amides is 1. The van der Waals surface area contributed by atoms with Gasteiger partial charge in [0.1, 0.15) is 5.75 Å². The Labute approximate surface area is 147 Å². The van der Waals surface area contributed by atoms with E-state index in [1.165, 1.54) is 6.92 Å². The van der Waals surface area contributed by atoms with Gasteiger partial charge in [0.25, 0.3) is 5.91 Å². The number of ether oxygens (including phenoxy) is 2. The summed E-state index contributed by atoms with van der Waals surface area (Å²) in [6.45, 7) is 1.30. The van der Waals surface area contributed by atoms with Crippen LogP contribution in [0, 0.1) is 0 Å². The van der Waals surface area contributed by atoms with E-state index in [0.717, 1.165) is 24.3 Å². The van der Waals surface area contributed by atoms with Crippen LogP contribution in [0.15, 0.2) is 24.3 Å². The van der Waals surface area contributed by atoms with Gasteiger partial charge in [-0.05, 0) is 37.6 Å². The van der Waals surface area contributed by atoms with Crippen molar-refractivity contribution in [3.63, 3.8) is 0 Å². The Hall–Kier alpha value is -2.30. The van der Waals surface area contributed by atoms with Crippen molar-refractivity contribution in [2.24, 2.45) is 0 Å². The molecule has 1 saturated heterocycles. The molecule has 1 aliphatic heterocycles. The SMILES string of the molecule is C[C@H](OC(=O)c1ccc(OC(F)(F)F)cc1)C(=O)N[C@H]1CCS(=O)(=O)C1. The summed E-state index contributed by atoms with van der Waals surface area (Å²) in [6.07, 6.45) is -5.76. The first kappa shape index (κ1) is 20.0. The smallest absolute Gasteiger partial charge is 0.449 e. The van der Waals surface area contributed by atoms with Crippen LogP contribution in [0.3, 0.4) is 0 Å². The Morgan fingerprint density at radius 2 is 1.85 bits per heavy atom. The Morgan fingerprint density at radius 3 is 2.35 bits per heavy atom. The lowest BCUT2D eigenvalue weighted by Crippen LogP contribution is -2.42. The maximum atomic E-state index is 12.1. The third-order valence-corrected chi connectivity index (χ3v) is 5.32. The van der Waals surface area contributed by atoms with E-state index in [0.29, 0.717) is 0 Å². The van der Waals surface area contributed by atoms with Crippen molar-refractivity contribution < 1.29 is 40.7 Å². The summed E-state index contributed by atoms with van der Waals surface area (Å²) in [7, 11) is -3.16. The van der Waals surface area contributed by atoms with E-state index in [2.05, 4.69) is 10.1 Å². The van der Waals surface area contributed by atoms with Crippen molar-refractivity contribution >= 4 is 21.7 Å². The quantitative estimate of drug-likeness (QED) is 0.758. The fraction of sp³-hybridized carbons (Fsp3) is 0.467. The number of halogens is 3. The zero-order valence-electron chi connectivity index (χ0n) is 13.6. The van der Waals surface area contributed by atoms with Crippen molar-refractivity contribution in [1.29, 1.82) is 0 Å². The average molecular weight is 395 g/mol. The standard InChI is InChI=1S/C15H16F3NO6S/c1-9(13(20)19-11-6-7-26(22,23)8-11)24-14(21)10-2-4-12(5-3-10)25-15(16,17)18/h2-5,9,11H,6-8H2,1H3,(H,19,20)/t9-,11-/m0/s1. The molecule has 2 rings (SSSR count). The lowest BCUT2D eigenvalue weighted by Gasteiger charge is -2.16. The highest BCUT2D eigenvalue weighted by molar-refractivity contribution is 7.91. The first-order valence-corrected chi connectivity index (χ1v) is 9.35. The molecule has 0 aliphatic carbocycles. The van der Waals surface area contributed by atoms with Crippen LogP contribution in [0.1, 0.15) is 23.7 Å². The maximum Gasteiger partial charge on any atom is 0.573 e. The number of sulfone groups is 1.